The molecule has 0 spiro atoms. The molecule has 8 heteroatoms. The van der Waals surface area contributed by atoms with Gasteiger partial charge in [0.15, 0.2) is 0 Å². The van der Waals surface area contributed by atoms with Crippen LogP contribution >= 0.6 is 0 Å². The van der Waals surface area contributed by atoms with E-state index >= 15 is 0 Å². The summed E-state index contributed by atoms with van der Waals surface area (Å²) in [6.07, 6.45) is 1.68. The van der Waals surface area contributed by atoms with Gasteiger partial charge in [-0.3, -0.25) is 13.9 Å². The van der Waals surface area contributed by atoms with Gasteiger partial charge < -0.3 is 9.26 Å². The molecule has 2 aromatic heterocycles. The molecule has 0 amide bonds. The van der Waals surface area contributed by atoms with E-state index < -0.39 is 0 Å². The van der Waals surface area contributed by atoms with Crippen molar-refractivity contribution in [3.63, 3.8) is 0 Å². The Bertz CT molecular complexity index is 1350. The van der Waals surface area contributed by atoms with Crippen LogP contribution in [0.25, 0.3) is 22.3 Å². The van der Waals surface area contributed by atoms with Crippen molar-refractivity contribution in [3.8, 4) is 17.1 Å². The van der Waals surface area contributed by atoms with Crippen LogP contribution in [-0.2, 0) is 6.54 Å². The van der Waals surface area contributed by atoms with Crippen LogP contribution in [0.4, 0.5) is 0 Å². The Morgan fingerprint density at radius 2 is 1.97 bits per heavy atom. The molecule has 4 aromatic rings. The molecule has 5 rings (SSSR count). The van der Waals surface area contributed by atoms with E-state index in [-0.39, 0.29) is 23.8 Å². The number of hydrogen-bond donors (Lipinski definition) is 0. The van der Waals surface area contributed by atoms with Crippen LogP contribution in [0, 0.1) is 0 Å². The lowest BCUT2D eigenvalue weighted by molar-refractivity contribution is 0.340. The van der Waals surface area contributed by atoms with E-state index in [1.807, 2.05) is 31.2 Å². The van der Waals surface area contributed by atoms with Crippen molar-refractivity contribution in [2.75, 3.05) is 6.61 Å². The summed E-state index contributed by atoms with van der Waals surface area (Å²) in [5.41, 5.74) is 0.728. The van der Waals surface area contributed by atoms with Crippen molar-refractivity contribution in [2.45, 2.75) is 32.4 Å². The number of benzene rings is 2. The van der Waals surface area contributed by atoms with Gasteiger partial charge >= 0.3 is 5.69 Å². The molecule has 30 heavy (non-hydrogen) atoms. The van der Waals surface area contributed by atoms with Gasteiger partial charge in [0.25, 0.3) is 5.56 Å². The molecule has 0 atom stereocenters. The maximum atomic E-state index is 13.1. The molecule has 0 saturated heterocycles. The number of aromatic nitrogens is 4. The molecule has 0 radical (unpaired) electrons. The van der Waals surface area contributed by atoms with E-state index in [9.17, 15) is 9.59 Å². The minimum atomic E-state index is -0.348. The van der Waals surface area contributed by atoms with E-state index in [1.165, 1.54) is 9.13 Å². The first kappa shape index (κ1) is 18.4. The number of fused-ring (bicyclic) bond motifs is 1. The van der Waals surface area contributed by atoms with Crippen LogP contribution < -0.4 is 16.0 Å². The van der Waals surface area contributed by atoms with Crippen molar-refractivity contribution in [2.24, 2.45) is 0 Å². The summed E-state index contributed by atoms with van der Waals surface area (Å²) in [6, 6.07) is 14.5. The second-order valence-corrected chi connectivity index (χ2v) is 7.26. The van der Waals surface area contributed by atoms with Crippen LogP contribution in [0.15, 0.2) is 62.6 Å². The van der Waals surface area contributed by atoms with E-state index in [4.69, 9.17) is 9.26 Å². The zero-order valence-corrected chi connectivity index (χ0v) is 16.4. The predicted octanol–water partition coefficient (Wildman–Crippen LogP) is 3.00. The van der Waals surface area contributed by atoms with Gasteiger partial charge in [0.2, 0.25) is 11.7 Å². The van der Waals surface area contributed by atoms with Gasteiger partial charge in [-0.15, -0.1) is 0 Å². The topological polar surface area (TPSA) is 92.2 Å². The highest BCUT2D eigenvalue weighted by Crippen LogP contribution is 2.32. The van der Waals surface area contributed by atoms with Crippen LogP contribution in [0.1, 0.15) is 31.7 Å². The molecule has 2 heterocycles. The summed E-state index contributed by atoms with van der Waals surface area (Å²) < 4.78 is 13.8. The zero-order chi connectivity index (χ0) is 20.7. The number of hydrogen-bond acceptors (Lipinski definition) is 6. The van der Waals surface area contributed by atoms with Crippen molar-refractivity contribution < 1.29 is 9.26 Å². The highest BCUT2D eigenvalue weighted by molar-refractivity contribution is 5.78. The maximum absolute atomic E-state index is 13.1. The van der Waals surface area contributed by atoms with E-state index in [2.05, 4.69) is 10.1 Å². The van der Waals surface area contributed by atoms with Crippen molar-refractivity contribution in [3.05, 3.63) is 75.3 Å². The zero-order valence-electron chi connectivity index (χ0n) is 16.4. The minimum absolute atomic E-state index is 0.0274. The third-order valence-electron chi connectivity index (χ3n) is 5.16. The fourth-order valence-electron chi connectivity index (χ4n) is 3.61. The summed E-state index contributed by atoms with van der Waals surface area (Å²) >= 11 is 0. The fraction of sp³-hybridized carbons (Fsp3) is 0.273. The monoisotopic (exact) mass is 404 g/mol. The average molecular weight is 404 g/mol. The lowest BCUT2D eigenvalue weighted by Crippen LogP contribution is -2.39. The van der Waals surface area contributed by atoms with Gasteiger partial charge in [0, 0.05) is 11.6 Å². The molecular weight excluding hydrogens is 384 g/mol. The Kier molecular flexibility index (Phi) is 4.46. The maximum Gasteiger partial charge on any atom is 0.332 e. The highest BCUT2D eigenvalue weighted by Gasteiger charge is 2.29. The second kappa shape index (κ2) is 7.29. The van der Waals surface area contributed by atoms with Crippen molar-refractivity contribution >= 4 is 10.9 Å². The third kappa shape index (κ3) is 3.20. The number of para-hydroxylation sites is 1. The second-order valence-electron chi connectivity index (χ2n) is 7.26. The lowest BCUT2D eigenvalue weighted by Gasteiger charge is -2.12. The molecule has 0 N–H and O–H groups in total. The molecule has 2 aromatic carbocycles. The Morgan fingerprint density at radius 3 is 2.77 bits per heavy atom. The third-order valence-corrected chi connectivity index (χ3v) is 5.16. The summed E-state index contributed by atoms with van der Waals surface area (Å²) in [5, 5.41) is 4.56. The summed E-state index contributed by atoms with van der Waals surface area (Å²) in [6.45, 7) is 2.57. The first-order chi connectivity index (χ1) is 14.7. The molecule has 1 fully saturated rings. The van der Waals surface area contributed by atoms with E-state index in [1.54, 1.807) is 24.3 Å². The summed E-state index contributed by atoms with van der Waals surface area (Å²) in [7, 11) is 0. The smallest absolute Gasteiger partial charge is 0.332 e. The Hall–Kier alpha value is -3.68. The summed E-state index contributed by atoms with van der Waals surface area (Å²) in [4.78, 5) is 30.4. The van der Waals surface area contributed by atoms with Gasteiger partial charge in [-0.05, 0) is 44.0 Å². The number of ether oxygens (including phenoxy) is 1. The quantitative estimate of drug-likeness (QED) is 0.491. The fourth-order valence-corrected chi connectivity index (χ4v) is 3.61. The molecule has 152 valence electrons. The van der Waals surface area contributed by atoms with Gasteiger partial charge in [-0.2, -0.15) is 4.98 Å². The lowest BCUT2D eigenvalue weighted by atomic mass is 10.2. The Morgan fingerprint density at radius 1 is 1.13 bits per heavy atom. The largest absolute Gasteiger partial charge is 0.494 e. The van der Waals surface area contributed by atoms with Gasteiger partial charge in [0.05, 0.1) is 17.5 Å². The first-order valence-electron chi connectivity index (χ1n) is 9.95. The predicted molar refractivity (Wildman–Crippen MR) is 111 cm³/mol. The normalized spacial score (nSPS) is 13.6. The van der Waals surface area contributed by atoms with Crippen molar-refractivity contribution in [1.82, 2.24) is 19.3 Å². The van der Waals surface area contributed by atoms with E-state index in [0.717, 1.165) is 24.2 Å². The van der Waals surface area contributed by atoms with Gasteiger partial charge in [-0.1, -0.05) is 29.4 Å². The molecule has 8 nitrogen and oxygen atoms in total. The first-order valence-corrected chi connectivity index (χ1v) is 9.95. The number of nitrogens with zero attached hydrogens (tertiary/aromatic N) is 4. The molecule has 0 aliphatic heterocycles. The van der Waals surface area contributed by atoms with Crippen LogP contribution in [0.5, 0.6) is 5.75 Å². The molecule has 1 aliphatic carbocycles. The van der Waals surface area contributed by atoms with Crippen LogP contribution in [0.2, 0.25) is 0 Å². The van der Waals surface area contributed by atoms with Crippen molar-refractivity contribution in [1.29, 1.82) is 0 Å². The summed E-state index contributed by atoms with van der Waals surface area (Å²) in [5.74, 6) is 1.43. The SMILES string of the molecule is CCOc1cccc(-c2noc(Cn3c(=O)n(C4CC4)c(=O)c4ccccc43)n2)c1. The average Bonchev–Trinajstić information content (AvgIpc) is 3.48. The Balaban J connectivity index is 1.55. The van der Waals surface area contributed by atoms with Gasteiger partial charge in [0.1, 0.15) is 12.3 Å². The number of rotatable bonds is 6. The molecule has 1 saturated carbocycles. The van der Waals surface area contributed by atoms with Crippen LogP contribution in [-0.4, -0.2) is 25.9 Å². The highest BCUT2D eigenvalue weighted by atomic mass is 16.5. The van der Waals surface area contributed by atoms with Gasteiger partial charge in [-0.25, -0.2) is 4.79 Å². The standard InChI is InChI=1S/C22H20N4O4/c1-2-29-16-7-5-6-14(12-16)20-23-19(30-24-20)13-25-18-9-4-3-8-17(18)21(27)26(22(25)28)15-10-11-15/h3-9,12,15H,2,10-11,13H2,1H3. The molecule has 0 bridgehead atoms. The molecular formula is C22H20N4O4. The molecule has 0 unspecified atom stereocenters. The Labute approximate surface area is 171 Å². The molecule has 1 aliphatic rings. The van der Waals surface area contributed by atoms with E-state index in [0.29, 0.717) is 29.2 Å². The minimum Gasteiger partial charge on any atom is -0.494 e. The van der Waals surface area contributed by atoms with Crippen LogP contribution in [0.3, 0.4) is 0 Å².